The average Bonchev–Trinajstić information content (AvgIpc) is 2.38. The van der Waals surface area contributed by atoms with E-state index in [0.29, 0.717) is 25.9 Å². The van der Waals surface area contributed by atoms with Gasteiger partial charge >= 0.3 is 5.69 Å². The molecule has 1 aliphatic heterocycles. The Bertz CT molecular complexity index is 515. The van der Waals surface area contributed by atoms with Crippen molar-refractivity contribution >= 4 is 23.2 Å². The zero-order valence-electron chi connectivity index (χ0n) is 9.95. The highest BCUT2D eigenvalue weighted by Gasteiger charge is 2.30. The third kappa shape index (κ3) is 2.82. The Kier molecular flexibility index (Phi) is 3.96. The Labute approximate surface area is 114 Å². The standard InChI is InChI=1S/C11H12ClN3O4/c12-10-9(15(18)19)8(1-4-13-10)11(17)14-5-2-7(16)3-6-14/h1,4,7,16H,2-3,5-6H2. The molecule has 0 atom stereocenters. The molecule has 0 bridgehead atoms. The number of carbonyl (C=O) groups excluding carboxylic acids is 1. The van der Waals surface area contributed by atoms with E-state index in [1.807, 2.05) is 0 Å². The summed E-state index contributed by atoms with van der Waals surface area (Å²) in [5, 5.41) is 20.0. The monoisotopic (exact) mass is 285 g/mol. The number of halogens is 1. The van der Waals surface area contributed by atoms with Crippen LogP contribution in [-0.2, 0) is 0 Å². The summed E-state index contributed by atoms with van der Waals surface area (Å²) in [4.78, 5) is 27.6. The molecule has 8 heteroatoms. The van der Waals surface area contributed by atoms with Crippen LogP contribution >= 0.6 is 11.6 Å². The lowest BCUT2D eigenvalue weighted by molar-refractivity contribution is -0.385. The van der Waals surface area contributed by atoms with Gasteiger partial charge < -0.3 is 10.0 Å². The minimum atomic E-state index is -0.707. The Morgan fingerprint density at radius 3 is 2.74 bits per heavy atom. The predicted octanol–water partition coefficient (Wildman–Crippen LogP) is 1.24. The van der Waals surface area contributed by atoms with Gasteiger partial charge in [0.1, 0.15) is 5.56 Å². The molecule has 1 aliphatic rings. The molecule has 2 heterocycles. The number of aromatic nitrogens is 1. The number of pyridine rings is 1. The molecular formula is C11H12ClN3O4. The summed E-state index contributed by atoms with van der Waals surface area (Å²) in [6, 6.07) is 1.29. The first kappa shape index (κ1) is 13.7. The first-order valence-electron chi connectivity index (χ1n) is 5.77. The predicted molar refractivity (Wildman–Crippen MR) is 67.0 cm³/mol. The van der Waals surface area contributed by atoms with Crippen LogP contribution in [0.5, 0.6) is 0 Å². The second kappa shape index (κ2) is 5.50. The number of nitro groups is 1. The summed E-state index contributed by atoms with van der Waals surface area (Å²) < 4.78 is 0. The van der Waals surface area contributed by atoms with Crippen molar-refractivity contribution in [3.63, 3.8) is 0 Å². The van der Waals surface area contributed by atoms with Crippen LogP contribution in [0.1, 0.15) is 23.2 Å². The van der Waals surface area contributed by atoms with E-state index in [0.717, 1.165) is 0 Å². The summed E-state index contributed by atoms with van der Waals surface area (Å²) in [5.41, 5.74) is -0.540. The molecule has 0 spiro atoms. The van der Waals surface area contributed by atoms with Crippen LogP contribution in [0.3, 0.4) is 0 Å². The van der Waals surface area contributed by atoms with Crippen molar-refractivity contribution < 1.29 is 14.8 Å². The van der Waals surface area contributed by atoms with Crippen molar-refractivity contribution in [2.45, 2.75) is 18.9 Å². The zero-order chi connectivity index (χ0) is 14.0. The van der Waals surface area contributed by atoms with Crippen LogP contribution < -0.4 is 0 Å². The summed E-state index contributed by atoms with van der Waals surface area (Å²) >= 11 is 5.67. The molecule has 0 unspecified atom stereocenters. The van der Waals surface area contributed by atoms with Gasteiger partial charge in [-0.1, -0.05) is 11.6 Å². The third-order valence-electron chi connectivity index (χ3n) is 3.04. The average molecular weight is 286 g/mol. The molecule has 1 N–H and O–H groups in total. The highest BCUT2D eigenvalue weighted by atomic mass is 35.5. The van der Waals surface area contributed by atoms with Gasteiger partial charge in [0.15, 0.2) is 0 Å². The maximum atomic E-state index is 12.2. The van der Waals surface area contributed by atoms with Gasteiger partial charge in [0.2, 0.25) is 5.15 Å². The van der Waals surface area contributed by atoms with E-state index in [4.69, 9.17) is 11.6 Å². The number of piperidine rings is 1. The lowest BCUT2D eigenvalue weighted by atomic mass is 10.1. The SMILES string of the molecule is O=C(c1ccnc(Cl)c1[N+](=O)[O-])N1CCC(O)CC1. The maximum absolute atomic E-state index is 12.2. The number of hydrogen-bond acceptors (Lipinski definition) is 5. The number of aliphatic hydroxyl groups excluding tert-OH is 1. The molecule has 102 valence electrons. The highest BCUT2D eigenvalue weighted by Crippen LogP contribution is 2.27. The van der Waals surface area contributed by atoms with E-state index < -0.39 is 22.6 Å². The number of hydrogen-bond donors (Lipinski definition) is 1. The Hall–Kier alpha value is -1.73. The number of aliphatic hydroxyl groups is 1. The number of amides is 1. The van der Waals surface area contributed by atoms with Gasteiger partial charge in [-0.05, 0) is 18.9 Å². The van der Waals surface area contributed by atoms with E-state index in [1.165, 1.54) is 17.2 Å². The molecule has 0 radical (unpaired) electrons. The molecule has 2 rings (SSSR count). The third-order valence-corrected chi connectivity index (χ3v) is 3.32. The van der Waals surface area contributed by atoms with Crippen molar-refractivity contribution in [1.82, 2.24) is 9.88 Å². The smallest absolute Gasteiger partial charge is 0.319 e. The van der Waals surface area contributed by atoms with Crippen molar-refractivity contribution in [1.29, 1.82) is 0 Å². The van der Waals surface area contributed by atoms with Crippen LogP contribution in [0.2, 0.25) is 5.15 Å². The topological polar surface area (TPSA) is 96.6 Å². The second-order valence-corrected chi connectivity index (χ2v) is 4.64. The summed E-state index contributed by atoms with van der Waals surface area (Å²) in [7, 11) is 0. The van der Waals surface area contributed by atoms with E-state index >= 15 is 0 Å². The normalized spacial score (nSPS) is 16.4. The van der Waals surface area contributed by atoms with Gasteiger partial charge in [0.05, 0.1) is 11.0 Å². The quantitative estimate of drug-likeness (QED) is 0.501. The first-order valence-corrected chi connectivity index (χ1v) is 6.14. The van der Waals surface area contributed by atoms with Gasteiger partial charge in [-0.15, -0.1) is 0 Å². The fraction of sp³-hybridized carbons (Fsp3) is 0.455. The first-order chi connectivity index (χ1) is 9.00. The highest BCUT2D eigenvalue weighted by molar-refractivity contribution is 6.32. The van der Waals surface area contributed by atoms with Crippen LogP contribution in [0.4, 0.5) is 5.69 Å². The summed E-state index contributed by atoms with van der Waals surface area (Å²) in [6.07, 6.45) is 1.79. The second-order valence-electron chi connectivity index (χ2n) is 4.28. The van der Waals surface area contributed by atoms with Gasteiger partial charge in [0.25, 0.3) is 5.91 Å². The van der Waals surface area contributed by atoms with E-state index in [2.05, 4.69) is 4.98 Å². The lowest BCUT2D eigenvalue weighted by Gasteiger charge is -2.29. The Morgan fingerprint density at radius 2 is 2.16 bits per heavy atom. The van der Waals surface area contributed by atoms with Crippen molar-refractivity contribution in [2.75, 3.05) is 13.1 Å². The fourth-order valence-electron chi connectivity index (χ4n) is 2.01. The van der Waals surface area contributed by atoms with Crippen LogP contribution in [0, 0.1) is 10.1 Å². The minimum Gasteiger partial charge on any atom is -0.393 e. The van der Waals surface area contributed by atoms with Gasteiger partial charge in [0, 0.05) is 19.3 Å². The van der Waals surface area contributed by atoms with E-state index in [-0.39, 0.29) is 10.7 Å². The molecule has 1 amide bonds. The summed E-state index contributed by atoms with van der Waals surface area (Å²) in [5.74, 6) is -0.456. The number of likely N-dealkylation sites (tertiary alicyclic amines) is 1. The Morgan fingerprint density at radius 1 is 1.53 bits per heavy atom. The molecule has 7 nitrogen and oxygen atoms in total. The van der Waals surface area contributed by atoms with Crippen molar-refractivity contribution in [3.05, 3.63) is 33.1 Å². The molecule has 0 aromatic carbocycles. The molecule has 1 aromatic heterocycles. The van der Waals surface area contributed by atoms with E-state index in [1.54, 1.807) is 0 Å². The molecular weight excluding hydrogens is 274 g/mol. The number of carbonyl (C=O) groups is 1. The van der Waals surface area contributed by atoms with Gasteiger partial charge in [-0.3, -0.25) is 14.9 Å². The fourth-order valence-corrected chi connectivity index (χ4v) is 2.24. The van der Waals surface area contributed by atoms with E-state index in [9.17, 15) is 20.0 Å². The summed E-state index contributed by atoms with van der Waals surface area (Å²) in [6.45, 7) is 0.744. The molecule has 1 aromatic rings. The van der Waals surface area contributed by atoms with Gasteiger partial charge in [-0.2, -0.15) is 0 Å². The minimum absolute atomic E-state index is 0.0682. The molecule has 1 fully saturated rings. The molecule has 19 heavy (non-hydrogen) atoms. The van der Waals surface area contributed by atoms with Crippen molar-refractivity contribution in [2.24, 2.45) is 0 Å². The maximum Gasteiger partial charge on any atom is 0.319 e. The Balaban J connectivity index is 2.29. The largest absolute Gasteiger partial charge is 0.393 e. The van der Waals surface area contributed by atoms with Gasteiger partial charge in [-0.25, -0.2) is 4.98 Å². The molecule has 0 saturated carbocycles. The number of rotatable bonds is 2. The van der Waals surface area contributed by atoms with Crippen LogP contribution in [-0.4, -0.2) is 45.0 Å². The van der Waals surface area contributed by atoms with Crippen LogP contribution in [0.25, 0.3) is 0 Å². The molecule has 0 aliphatic carbocycles. The lowest BCUT2D eigenvalue weighted by Crippen LogP contribution is -2.40. The molecule has 1 saturated heterocycles. The van der Waals surface area contributed by atoms with Crippen molar-refractivity contribution in [3.8, 4) is 0 Å². The van der Waals surface area contributed by atoms with Crippen LogP contribution in [0.15, 0.2) is 12.3 Å². The zero-order valence-corrected chi connectivity index (χ0v) is 10.7. The number of nitrogens with zero attached hydrogens (tertiary/aromatic N) is 3.